The lowest BCUT2D eigenvalue weighted by molar-refractivity contribution is -0.137. The fraction of sp³-hybridized carbons (Fsp3) is 0.308. The monoisotopic (exact) mass is 458 g/mol. The van der Waals surface area contributed by atoms with E-state index in [2.05, 4.69) is 15.0 Å². The Morgan fingerprint density at radius 2 is 1.94 bits per heavy atom. The number of benzene rings is 2. The zero-order valence-electron chi connectivity index (χ0n) is 19.0. The molecule has 1 unspecified atom stereocenters. The number of ether oxygens (including phenoxy) is 2. The zero-order valence-corrected chi connectivity index (χ0v) is 19.0. The van der Waals surface area contributed by atoms with Crippen LogP contribution in [-0.2, 0) is 11.2 Å². The molecule has 4 aromatic rings. The largest absolute Gasteiger partial charge is 0.496 e. The average Bonchev–Trinajstić information content (AvgIpc) is 3.36. The summed E-state index contributed by atoms with van der Waals surface area (Å²) in [6.45, 7) is 0.536. The first kappa shape index (κ1) is 21.9. The summed E-state index contributed by atoms with van der Waals surface area (Å²) >= 11 is 0. The number of rotatable bonds is 7. The molecule has 34 heavy (non-hydrogen) atoms. The Bertz CT molecular complexity index is 1280. The first-order valence-corrected chi connectivity index (χ1v) is 11.4. The van der Waals surface area contributed by atoms with Gasteiger partial charge in [0.15, 0.2) is 6.61 Å². The molecule has 0 bridgehead atoms. The Labute approximate surface area is 197 Å². The SMILES string of the molecule is COc1ccccc1Cc1cnc(C2CCCCN2C(=O)COc2ncnc3ccccc23)o1. The number of hydrogen-bond acceptors (Lipinski definition) is 7. The minimum atomic E-state index is -0.210. The second-order valence-corrected chi connectivity index (χ2v) is 8.24. The highest BCUT2D eigenvalue weighted by molar-refractivity contribution is 5.84. The van der Waals surface area contributed by atoms with Crippen LogP contribution in [0, 0.1) is 0 Å². The summed E-state index contributed by atoms with van der Waals surface area (Å²) in [7, 11) is 1.66. The normalized spacial score (nSPS) is 15.9. The number of carbonyl (C=O) groups excluding carboxylic acids is 1. The lowest BCUT2D eigenvalue weighted by Gasteiger charge is -2.33. The number of para-hydroxylation sites is 2. The molecule has 0 spiro atoms. The van der Waals surface area contributed by atoms with Crippen LogP contribution in [-0.4, -0.2) is 46.0 Å². The average molecular weight is 459 g/mol. The molecule has 5 rings (SSSR count). The molecule has 174 valence electrons. The number of amides is 1. The van der Waals surface area contributed by atoms with Crippen LogP contribution in [0.15, 0.2) is 65.5 Å². The lowest BCUT2D eigenvalue weighted by atomic mass is 10.0. The molecule has 0 N–H and O–H groups in total. The molecule has 0 aliphatic carbocycles. The Balaban J connectivity index is 1.29. The summed E-state index contributed by atoms with van der Waals surface area (Å²) in [5.41, 5.74) is 1.80. The summed E-state index contributed by atoms with van der Waals surface area (Å²) < 4.78 is 17.4. The van der Waals surface area contributed by atoms with Crippen molar-refractivity contribution in [2.75, 3.05) is 20.3 Å². The number of oxazole rings is 1. The van der Waals surface area contributed by atoms with Gasteiger partial charge in [0, 0.05) is 18.5 Å². The van der Waals surface area contributed by atoms with E-state index in [1.165, 1.54) is 6.33 Å². The minimum absolute atomic E-state index is 0.105. The molecule has 0 radical (unpaired) electrons. The Kier molecular flexibility index (Phi) is 6.38. The molecule has 8 heteroatoms. The third-order valence-corrected chi connectivity index (χ3v) is 6.08. The molecule has 8 nitrogen and oxygen atoms in total. The van der Waals surface area contributed by atoms with Crippen molar-refractivity contribution in [1.29, 1.82) is 0 Å². The van der Waals surface area contributed by atoms with Crippen molar-refractivity contribution in [3.05, 3.63) is 78.3 Å². The number of piperidine rings is 1. The van der Waals surface area contributed by atoms with Gasteiger partial charge < -0.3 is 18.8 Å². The molecule has 1 saturated heterocycles. The second kappa shape index (κ2) is 9.91. The van der Waals surface area contributed by atoms with Gasteiger partial charge in [-0.2, -0.15) is 0 Å². The van der Waals surface area contributed by atoms with E-state index in [9.17, 15) is 4.79 Å². The number of hydrogen-bond donors (Lipinski definition) is 0. The summed E-state index contributed by atoms with van der Waals surface area (Å²) in [5.74, 6) is 2.40. The van der Waals surface area contributed by atoms with Gasteiger partial charge in [-0.15, -0.1) is 0 Å². The summed E-state index contributed by atoms with van der Waals surface area (Å²) in [4.78, 5) is 27.9. The van der Waals surface area contributed by atoms with E-state index in [1.54, 1.807) is 13.3 Å². The van der Waals surface area contributed by atoms with Gasteiger partial charge in [-0.05, 0) is 37.5 Å². The van der Waals surface area contributed by atoms with Crippen molar-refractivity contribution in [3.63, 3.8) is 0 Å². The van der Waals surface area contributed by atoms with Crippen molar-refractivity contribution >= 4 is 16.8 Å². The maximum atomic E-state index is 13.1. The van der Waals surface area contributed by atoms with Crippen molar-refractivity contribution < 1.29 is 18.7 Å². The maximum absolute atomic E-state index is 13.1. The van der Waals surface area contributed by atoms with E-state index in [0.717, 1.165) is 47.2 Å². The second-order valence-electron chi connectivity index (χ2n) is 8.24. The first-order valence-electron chi connectivity index (χ1n) is 11.4. The van der Waals surface area contributed by atoms with Crippen LogP contribution in [0.1, 0.15) is 42.5 Å². The fourth-order valence-corrected chi connectivity index (χ4v) is 4.39. The molecular formula is C26H26N4O4. The zero-order chi connectivity index (χ0) is 23.3. The number of aromatic nitrogens is 3. The van der Waals surface area contributed by atoms with Crippen LogP contribution in [0.2, 0.25) is 0 Å². The van der Waals surface area contributed by atoms with Crippen LogP contribution in [0.25, 0.3) is 10.9 Å². The molecule has 3 heterocycles. The third kappa shape index (κ3) is 4.57. The van der Waals surface area contributed by atoms with Gasteiger partial charge in [-0.1, -0.05) is 30.3 Å². The lowest BCUT2D eigenvalue weighted by Crippen LogP contribution is -2.41. The summed E-state index contributed by atoms with van der Waals surface area (Å²) in [6.07, 6.45) is 6.51. The van der Waals surface area contributed by atoms with Crippen LogP contribution in [0.5, 0.6) is 11.6 Å². The molecule has 1 aliphatic rings. The van der Waals surface area contributed by atoms with Gasteiger partial charge in [0.1, 0.15) is 23.9 Å². The number of methoxy groups -OCH3 is 1. The third-order valence-electron chi connectivity index (χ3n) is 6.08. The summed E-state index contributed by atoms with van der Waals surface area (Å²) in [5, 5.41) is 0.779. The van der Waals surface area contributed by atoms with Gasteiger partial charge in [-0.3, -0.25) is 4.79 Å². The Morgan fingerprint density at radius 3 is 2.85 bits per heavy atom. The maximum Gasteiger partial charge on any atom is 0.261 e. The predicted octanol–water partition coefficient (Wildman–Crippen LogP) is 4.35. The van der Waals surface area contributed by atoms with Crippen LogP contribution in [0.4, 0.5) is 0 Å². The van der Waals surface area contributed by atoms with Crippen LogP contribution in [0.3, 0.4) is 0 Å². The smallest absolute Gasteiger partial charge is 0.261 e. The van der Waals surface area contributed by atoms with Gasteiger partial charge in [0.2, 0.25) is 11.8 Å². The molecular weight excluding hydrogens is 432 g/mol. The van der Waals surface area contributed by atoms with E-state index in [-0.39, 0.29) is 18.6 Å². The van der Waals surface area contributed by atoms with E-state index in [1.807, 2.05) is 53.4 Å². The molecule has 1 atom stereocenters. The molecule has 2 aromatic heterocycles. The Hall–Kier alpha value is -3.94. The highest BCUT2D eigenvalue weighted by Crippen LogP contribution is 2.32. The minimum Gasteiger partial charge on any atom is -0.496 e. The van der Waals surface area contributed by atoms with Crippen LogP contribution >= 0.6 is 0 Å². The number of carbonyl (C=O) groups is 1. The van der Waals surface area contributed by atoms with Gasteiger partial charge >= 0.3 is 0 Å². The first-order chi connectivity index (χ1) is 16.7. The van der Waals surface area contributed by atoms with Crippen LogP contribution < -0.4 is 9.47 Å². The highest BCUT2D eigenvalue weighted by Gasteiger charge is 2.31. The number of nitrogens with zero attached hydrogens (tertiary/aromatic N) is 4. The standard InChI is InChI=1S/C26H26N4O4/c1-32-23-12-5-2-8-18(23)14-19-15-27-26(34-19)22-11-6-7-13-30(22)24(31)16-33-25-20-9-3-4-10-21(20)28-17-29-25/h2-5,8-10,12,15,17,22H,6-7,11,13-14,16H2,1H3. The van der Waals surface area contributed by atoms with E-state index in [0.29, 0.717) is 24.7 Å². The molecule has 2 aromatic carbocycles. The van der Waals surface area contributed by atoms with Crippen molar-refractivity contribution in [3.8, 4) is 11.6 Å². The summed E-state index contributed by atoms with van der Waals surface area (Å²) in [6, 6.07) is 15.2. The van der Waals surface area contributed by atoms with Gasteiger partial charge in [-0.25, -0.2) is 15.0 Å². The predicted molar refractivity (Wildman–Crippen MR) is 126 cm³/mol. The van der Waals surface area contributed by atoms with Crippen molar-refractivity contribution in [2.45, 2.75) is 31.7 Å². The fourth-order valence-electron chi connectivity index (χ4n) is 4.39. The van der Waals surface area contributed by atoms with Gasteiger partial charge in [0.05, 0.1) is 24.2 Å². The molecule has 0 saturated carbocycles. The molecule has 1 fully saturated rings. The van der Waals surface area contributed by atoms with E-state index < -0.39 is 0 Å². The van der Waals surface area contributed by atoms with E-state index >= 15 is 0 Å². The quantitative estimate of drug-likeness (QED) is 0.407. The topological polar surface area (TPSA) is 90.6 Å². The number of fused-ring (bicyclic) bond motifs is 1. The number of likely N-dealkylation sites (tertiary alicyclic amines) is 1. The van der Waals surface area contributed by atoms with Crippen molar-refractivity contribution in [2.24, 2.45) is 0 Å². The molecule has 1 amide bonds. The van der Waals surface area contributed by atoms with Gasteiger partial charge in [0.25, 0.3) is 5.91 Å². The Morgan fingerprint density at radius 1 is 1.09 bits per heavy atom. The van der Waals surface area contributed by atoms with Crippen molar-refractivity contribution in [1.82, 2.24) is 19.9 Å². The van der Waals surface area contributed by atoms with E-state index in [4.69, 9.17) is 13.9 Å². The molecule has 1 aliphatic heterocycles. The highest BCUT2D eigenvalue weighted by atomic mass is 16.5.